The summed E-state index contributed by atoms with van der Waals surface area (Å²) in [5.41, 5.74) is 2.27. The van der Waals surface area contributed by atoms with Crippen molar-refractivity contribution in [1.29, 1.82) is 5.26 Å². The van der Waals surface area contributed by atoms with Crippen molar-refractivity contribution < 1.29 is 4.74 Å². The quantitative estimate of drug-likeness (QED) is 0.606. The average Bonchev–Trinajstić information content (AvgIpc) is 2.29. The van der Waals surface area contributed by atoms with Crippen molar-refractivity contribution in [2.24, 2.45) is 0 Å². The van der Waals surface area contributed by atoms with Crippen molar-refractivity contribution in [2.75, 3.05) is 13.7 Å². The van der Waals surface area contributed by atoms with Gasteiger partial charge in [0, 0.05) is 13.7 Å². The summed E-state index contributed by atoms with van der Waals surface area (Å²) in [4.78, 5) is -0.208. The second kappa shape index (κ2) is 6.60. The highest BCUT2D eigenvalue weighted by atomic mass is 79.9. The van der Waals surface area contributed by atoms with Gasteiger partial charge < -0.3 is 4.74 Å². The second-order valence-corrected chi connectivity index (χ2v) is 4.25. The van der Waals surface area contributed by atoms with Crippen LogP contribution in [0.15, 0.2) is 24.3 Å². The third kappa shape index (κ3) is 4.03. The molecule has 0 spiro atoms. The van der Waals surface area contributed by atoms with Crippen molar-refractivity contribution in [3.05, 3.63) is 35.4 Å². The molecular formula is C12H14BrNO. The van der Waals surface area contributed by atoms with Crippen molar-refractivity contribution in [3.8, 4) is 6.07 Å². The number of methoxy groups -OCH3 is 1. The Hall–Kier alpha value is -0.850. The zero-order valence-corrected chi connectivity index (χ0v) is 10.3. The Kier molecular flexibility index (Phi) is 5.38. The molecular weight excluding hydrogens is 254 g/mol. The van der Waals surface area contributed by atoms with E-state index in [1.54, 1.807) is 7.11 Å². The molecule has 0 amide bonds. The summed E-state index contributed by atoms with van der Waals surface area (Å²) in [5, 5.41) is 8.78. The molecule has 1 rings (SSSR count). The number of nitrogens with zero attached hydrogens (tertiary/aromatic N) is 1. The molecule has 0 aliphatic heterocycles. The van der Waals surface area contributed by atoms with E-state index in [4.69, 9.17) is 10.00 Å². The third-order valence-corrected chi connectivity index (χ3v) is 2.90. The number of hydrogen-bond acceptors (Lipinski definition) is 2. The molecule has 1 aromatic carbocycles. The molecule has 0 heterocycles. The van der Waals surface area contributed by atoms with E-state index in [1.165, 1.54) is 5.56 Å². The predicted octanol–water partition coefficient (Wildman–Crippen LogP) is 3.23. The van der Waals surface area contributed by atoms with Crippen LogP contribution in [-0.4, -0.2) is 13.7 Å². The van der Waals surface area contributed by atoms with Crippen LogP contribution in [0.25, 0.3) is 0 Å². The van der Waals surface area contributed by atoms with Gasteiger partial charge in [-0.2, -0.15) is 5.26 Å². The van der Waals surface area contributed by atoms with E-state index in [0.29, 0.717) is 0 Å². The van der Waals surface area contributed by atoms with Gasteiger partial charge in [-0.15, -0.1) is 0 Å². The number of ether oxygens (including phenoxy) is 1. The fourth-order valence-electron chi connectivity index (χ4n) is 1.40. The summed E-state index contributed by atoms with van der Waals surface area (Å²) in [5.74, 6) is 0. The summed E-state index contributed by atoms with van der Waals surface area (Å²) in [6.07, 6.45) is 2.01. The Balaban J connectivity index is 2.62. The molecule has 1 atom stereocenters. The fourth-order valence-corrected chi connectivity index (χ4v) is 1.69. The van der Waals surface area contributed by atoms with Gasteiger partial charge in [0.15, 0.2) is 0 Å². The minimum absolute atomic E-state index is 0.208. The van der Waals surface area contributed by atoms with E-state index in [-0.39, 0.29) is 4.83 Å². The van der Waals surface area contributed by atoms with Crippen LogP contribution in [-0.2, 0) is 11.2 Å². The number of halogens is 1. The lowest BCUT2D eigenvalue weighted by Crippen LogP contribution is -1.94. The SMILES string of the molecule is COCCCc1cccc(C(Br)C#N)c1. The van der Waals surface area contributed by atoms with Crippen molar-refractivity contribution in [1.82, 2.24) is 0 Å². The van der Waals surface area contributed by atoms with Crippen molar-refractivity contribution in [3.63, 3.8) is 0 Å². The van der Waals surface area contributed by atoms with Crippen LogP contribution in [0.4, 0.5) is 0 Å². The van der Waals surface area contributed by atoms with E-state index in [2.05, 4.69) is 34.1 Å². The maximum Gasteiger partial charge on any atom is 0.126 e. The first kappa shape index (κ1) is 12.2. The normalized spacial score (nSPS) is 12.1. The third-order valence-electron chi connectivity index (χ3n) is 2.17. The molecule has 0 aromatic heterocycles. The molecule has 0 radical (unpaired) electrons. The number of nitriles is 1. The zero-order chi connectivity index (χ0) is 11.1. The molecule has 1 aromatic rings. The standard InChI is InChI=1S/C12H14BrNO/c1-15-7-3-5-10-4-2-6-11(8-10)12(13)9-14/h2,4,6,8,12H,3,5,7H2,1H3. The highest BCUT2D eigenvalue weighted by molar-refractivity contribution is 9.09. The van der Waals surface area contributed by atoms with Crippen LogP contribution in [0.5, 0.6) is 0 Å². The van der Waals surface area contributed by atoms with Gasteiger partial charge in [0.25, 0.3) is 0 Å². The van der Waals surface area contributed by atoms with E-state index < -0.39 is 0 Å². The molecule has 0 saturated carbocycles. The van der Waals surface area contributed by atoms with E-state index in [0.717, 1.165) is 25.0 Å². The van der Waals surface area contributed by atoms with Crippen LogP contribution in [0.2, 0.25) is 0 Å². The maximum atomic E-state index is 8.78. The lowest BCUT2D eigenvalue weighted by molar-refractivity contribution is 0.195. The first-order valence-corrected chi connectivity index (χ1v) is 5.81. The predicted molar refractivity (Wildman–Crippen MR) is 63.9 cm³/mol. The van der Waals surface area contributed by atoms with Crippen LogP contribution < -0.4 is 0 Å². The first-order valence-electron chi connectivity index (χ1n) is 4.89. The lowest BCUT2D eigenvalue weighted by atomic mass is 10.1. The monoisotopic (exact) mass is 267 g/mol. The number of aryl methyl sites for hydroxylation is 1. The molecule has 0 fully saturated rings. The van der Waals surface area contributed by atoms with Gasteiger partial charge >= 0.3 is 0 Å². The van der Waals surface area contributed by atoms with E-state index >= 15 is 0 Å². The van der Waals surface area contributed by atoms with Gasteiger partial charge in [0.1, 0.15) is 4.83 Å². The summed E-state index contributed by atoms with van der Waals surface area (Å²) in [6, 6.07) is 10.3. The zero-order valence-electron chi connectivity index (χ0n) is 8.74. The minimum atomic E-state index is -0.208. The lowest BCUT2D eigenvalue weighted by Gasteiger charge is -2.05. The van der Waals surface area contributed by atoms with Crippen LogP contribution >= 0.6 is 15.9 Å². The Morgan fingerprint density at radius 2 is 2.33 bits per heavy atom. The van der Waals surface area contributed by atoms with E-state index in [9.17, 15) is 0 Å². The number of alkyl halides is 1. The molecule has 80 valence electrons. The van der Waals surface area contributed by atoms with Crippen LogP contribution in [0, 0.1) is 11.3 Å². The highest BCUT2D eigenvalue weighted by Gasteiger charge is 2.05. The molecule has 1 unspecified atom stereocenters. The van der Waals surface area contributed by atoms with Gasteiger partial charge in [-0.05, 0) is 24.0 Å². The smallest absolute Gasteiger partial charge is 0.126 e. The molecule has 0 aliphatic rings. The highest BCUT2D eigenvalue weighted by Crippen LogP contribution is 2.22. The Morgan fingerprint density at radius 3 is 3.00 bits per heavy atom. The van der Waals surface area contributed by atoms with Gasteiger partial charge in [0.05, 0.1) is 6.07 Å². The van der Waals surface area contributed by atoms with Crippen molar-refractivity contribution >= 4 is 15.9 Å². The molecule has 0 bridgehead atoms. The Bertz CT molecular complexity index is 346. The molecule has 2 nitrogen and oxygen atoms in total. The van der Waals surface area contributed by atoms with E-state index in [1.807, 2.05) is 12.1 Å². The molecule has 15 heavy (non-hydrogen) atoms. The van der Waals surface area contributed by atoms with Gasteiger partial charge in [-0.3, -0.25) is 0 Å². The Labute approximate surface area is 99.0 Å². The summed E-state index contributed by atoms with van der Waals surface area (Å²) in [6.45, 7) is 0.778. The van der Waals surface area contributed by atoms with Gasteiger partial charge in [-0.1, -0.05) is 40.2 Å². The molecule has 0 aliphatic carbocycles. The van der Waals surface area contributed by atoms with Crippen LogP contribution in [0.1, 0.15) is 22.4 Å². The number of benzene rings is 1. The molecule has 0 saturated heterocycles. The van der Waals surface area contributed by atoms with Gasteiger partial charge in [-0.25, -0.2) is 0 Å². The van der Waals surface area contributed by atoms with Crippen LogP contribution in [0.3, 0.4) is 0 Å². The maximum absolute atomic E-state index is 8.78. The van der Waals surface area contributed by atoms with Crippen molar-refractivity contribution in [2.45, 2.75) is 17.7 Å². The topological polar surface area (TPSA) is 33.0 Å². The summed E-state index contributed by atoms with van der Waals surface area (Å²) < 4.78 is 5.00. The Morgan fingerprint density at radius 1 is 1.53 bits per heavy atom. The molecule has 3 heteroatoms. The largest absolute Gasteiger partial charge is 0.385 e. The first-order chi connectivity index (χ1) is 7.27. The summed E-state index contributed by atoms with van der Waals surface area (Å²) in [7, 11) is 1.71. The average molecular weight is 268 g/mol. The number of rotatable bonds is 5. The minimum Gasteiger partial charge on any atom is -0.385 e. The second-order valence-electron chi connectivity index (χ2n) is 3.33. The van der Waals surface area contributed by atoms with Gasteiger partial charge in [0.2, 0.25) is 0 Å². The number of hydrogen-bond donors (Lipinski definition) is 0. The fraction of sp³-hybridized carbons (Fsp3) is 0.417. The summed E-state index contributed by atoms with van der Waals surface area (Å²) >= 11 is 3.32. The molecule has 0 N–H and O–H groups in total.